The van der Waals surface area contributed by atoms with Gasteiger partial charge in [0.2, 0.25) is 5.91 Å². The average Bonchev–Trinajstić information content (AvgIpc) is 2.68. The van der Waals surface area contributed by atoms with Gasteiger partial charge in [0.15, 0.2) is 0 Å². The maximum atomic E-state index is 12.8. The maximum absolute atomic E-state index is 12.8. The van der Waals surface area contributed by atoms with Crippen molar-refractivity contribution in [1.29, 1.82) is 0 Å². The Kier molecular flexibility index (Phi) is 6.12. The van der Waals surface area contributed by atoms with Crippen LogP contribution in [0, 0.1) is 0 Å². The fraction of sp³-hybridized carbons (Fsp3) is 0.364. The highest BCUT2D eigenvalue weighted by atomic mass is 16.2. The third kappa shape index (κ3) is 4.88. The van der Waals surface area contributed by atoms with Crippen molar-refractivity contribution in [3.63, 3.8) is 0 Å². The van der Waals surface area contributed by atoms with Gasteiger partial charge in [-0.05, 0) is 55.2 Å². The summed E-state index contributed by atoms with van der Waals surface area (Å²) in [6.45, 7) is 4.20. The van der Waals surface area contributed by atoms with Crippen LogP contribution in [0.25, 0.3) is 0 Å². The molecule has 5 heteroatoms. The van der Waals surface area contributed by atoms with Gasteiger partial charge in [-0.1, -0.05) is 18.2 Å². The van der Waals surface area contributed by atoms with Crippen LogP contribution in [0.4, 0.5) is 11.4 Å². The van der Waals surface area contributed by atoms with Crippen LogP contribution in [-0.4, -0.2) is 36.9 Å². The first-order chi connectivity index (χ1) is 13.0. The number of nitrogens with zero attached hydrogens (tertiary/aromatic N) is 2. The molecule has 1 aliphatic heterocycles. The largest absolute Gasteiger partial charge is 0.371 e. The van der Waals surface area contributed by atoms with Gasteiger partial charge in [-0.15, -0.1) is 0 Å². The van der Waals surface area contributed by atoms with E-state index in [2.05, 4.69) is 28.4 Å². The van der Waals surface area contributed by atoms with Crippen LogP contribution in [0.15, 0.2) is 48.5 Å². The third-order valence-electron chi connectivity index (χ3n) is 4.89. The average molecular weight is 365 g/mol. The van der Waals surface area contributed by atoms with E-state index >= 15 is 0 Å². The second-order valence-corrected chi connectivity index (χ2v) is 7.10. The summed E-state index contributed by atoms with van der Waals surface area (Å²) >= 11 is 0. The van der Waals surface area contributed by atoms with Gasteiger partial charge in [0, 0.05) is 50.5 Å². The number of para-hydroxylation sites is 1. The van der Waals surface area contributed by atoms with Gasteiger partial charge in [0.25, 0.3) is 5.91 Å². The lowest BCUT2D eigenvalue weighted by Crippen LogP contribution is -2.32. The number of hydrogen-bond acceptors (Lipinski definition) is 3. The molecule has 1 heterocycles. The maximum Gasteiger partial charge on any atom is 0.253 e. The van der Waals surface area contributed by atoms with E-state index in [1.165, 1.54) is 37.4 Å². The fourth-order valence-corrected chi connectivity index (χ4v) is 3.53. The van der Waals surface area contributed by atoms with Crippen LogP contribution >= 0.6 is 0 Å². The Morgan fingerprint density at radius 2 is 1.67 bits per heavy atom. The molecular formula is C22H27N3O2. The molecule has 0 bridgehead atoms. The minimum atomic E-state index is -0.125. The molecule has 0 radical (unpaired) electrons. The van der Waals surface area contributed by atoms with Crippen LogP contribution in [0.5, 0.6) is 0 Å². The molecule has 1 N–H and O–H groups in total. The van der Waals surface area contributed by atoms with Crippen LogP contribution in [0.3, 0.4) is 0 Å². The summed E-state index contributed by atoms with van der Waals surface area (Å²) in [4.78, 5) is 28.1. The lowest BCUT2D eigenvalue weighted by Gasteiger charge is -2.31. The zero-order valence-corrected chi connectivity index (χ0v) is 16.1. The molecule has 0 spiro atoms. The van der Waals surface area contributed by atoms with E-state index in [4.69, 9.17) is 0 Å². The van der Waals surface area contributed by atoms with Gasteiger partial charge in [-0.3, -0.25) is 9.59 Å². The van der Waals surface area contributed by atoms with E-state index in [0.29, 0.717) is 17.8 Å². The van der Waals surface area contributed by atoms with Crippen molar-refractivity contribution in [2.24, 2.45) is 0 Å². The minimum absolute atomic E-state index is 0.0298. The lowest BCUT2D eigenvalue weighted by atomic mass is 10.1. The van der Waals surface area contributed by atoms with Crippen molar-refractivity contribution in [2.75, 3.05) is 30.4 Å². The molecule has 2 amide bonds. The summed E-state index contributed by atoms with van der Waals surface area (Å²) in [5, 5.41) is 2.71. The van der Waals surface area contributed by atoms with Gasteiger partial charge in [0.05, 0.1) is 0 Å². The Bertz CT molecular complexity index is 795. The second kappa shape index (κ2) is 8.71. The first-order valence-electron chi connectivity index (χ1n) is 9.50. The first-order valence-corrected chi connectivity index (χ1v) is 9.50. The van der Waals surface area contributed by atoms with E-state index in [0.717, 1.165) is 13.1 Å². The van der Waals surface area contributed by atoms with Crippen LogP contribution < -0.4 is 10.2 Å². The summed E-state index contributed by atoms with van der Waals surface area (Å²) in [5.74, 6) is -0.154. The number of piperidine rings is 1. The summed E-state index contributed by atoms with van der Waals surface area (Å²) < 4.78 is 0. The Hall–Kier alpha value is -2.82. The smallest absolute Gasteiger partial charge is 0.253 e. The lowest BCUT2D eigenvalue weighted by molar-refractivity contribution is -0.114. The molecule has 0 saturated carbocycles. The number of carbonyl (C=O) groups is 2. The van der Waals surface area contributed by atoms with Crippen molar-refractivity contribution < 1.29 is 9.59 Å². The molecular weight excluding hydrogens is 338 g/mol. The van der Waals surface area contributed by atoms with Crippen LogP contribution in [0.2, 0.25) is 0 Å². The highest BCUT2D eigenvalue weighted by Gasteiger charge is 2.17. The van der Waals surface area contributed by atoms with E-state index in [1.807, 2.05) is 13.1 Å². The van der Waals surface area contributed by atoms with Crippen LogP contribution in [-0.2, 0) is 11.3 Å². The molecule has 1 aliphatic rings. The number of hydrogen-bond donors (Lipinski definition) is 1. The molecule has 0 unspecified atom stereocenters. The quantitative estimate of drug-likeness (QED) is 0.874. The monoisotopic (exact) mass is 365 g/mol. The number of anilines is 2. The van der Waals surface area contributed by atoms with Crippen molar-refractivity contribution in [3.05, 3.63) is 59.7 Å². The molecule has 2 aromatic carbocycles. The highest BCUT2D eigenvalue weighted by molar-refractivity contribution is 5.95. The Labute approximate surface area is 161 Å². The van der Waals surface area contributed by atoms with Crippen molar-refractivity contribution in [3.8, 4) is 0 Å². The fourth-order valence-electron chi connectivity index (χ4n) is 3.53. The Morgan fingerprint density at radius 1 is 1.00 bits per heavy atom. The molecule has 0 atom stereocenters. The number of benzene rings is 2. The normalized spacial score (nSPS) is 13.9. The van der Waals surface area contributed by atoms with E-state index in [1.54, 1.807) is 29.2 Å². The Morgan fingerprint density at radius 3 is 2.33 bits per heavy atom. The SMILES string of the molecule is CC(=O)Nc1ccc(C(=O)N(C)Cc2ccccc2N2CCCCC2)cc1. The topological polar surface area (TPSA) is 52.7 Å². The van der Waals surface area contributed by atoms with Gasteiger partial charge in [-0.25, -0.2) is 0 Å². The van der Waals surface area contributed by atoms with E-state index < -0.39 is 0 Å². The summed E-state index contributed by atoms with van der Waals surface area (Å²) in [6.07, 6.45) is 3.75. The van der Waals surface area contributed by atoms with E-state index in [-0.39, 0.29) is 11.8 Å². The van der Waals surface area contributed by atoms with Gasteiger partial charge in [0.1, 0.15) is 0 Å². The van der Waals surface area contributed by atoms with Gasteiger partial charge >= 0.3 is 0 Å². The zero-order valence-electron chi connectivity index (χ0n) is 16.1. The second-order valence-electron chi connectivity index (χ2n) is 7.10. The predicted molar refractivity (Wildman–Crippen MR) is 109 cm³/mol. The zero-order chi connectivity index (χ0) is 19.2. The summed E-state index contributed by atoms with van der Waals surface area (Å²) in [7, 11) is 1.83. The molecule has 142 valence electrons. The molecule has 5 nitrogen and oxygen atoms in total. The molecule has 27 heavy (non-hydrogen) atoms. The standard InChI is InChI=1S/C22H27N3O2/c1-17(26)23-20-12-10-18(11-13-20)22(27)24(2)16-19-8-4-5-9-21(19)25-14-6-3-7-15-25/h4-5,8-13H,3,6-7,14-16H2,1-2H3,(H,23,26). The summed E-state index contributed by atoms with van der Waals surface area (Å²) in [6, 6.07) is 15.4. The number of amides is 2. The number of carbonyl (C=O) groups excluding carboxylic acids is 2. The molecule has 1 saturated heterocycles. The minimum Gasteiger partial charge on any atom is -0.371 e. The molecule has 1 fully saturated rings. The van der Waals surface area contributed by atoms with E-state index in [9.17, 15) is 9.59 Å². The first kappa shape index (κ1) is 19.0. The molecule has 0 aromatic heterocycles. The van der Waals surface area contributed by atoms with Crippen molar-refractivity contribution in [1.82, 2.24) is 4.90 Å². The number of nitrogens with one attached hydrogen (secondary N) is 1. The summed E-state index contributed by atoms with van der Waals surface area (Å²) in [5.41, 5.74) is 3.71. The number of rotatable bonds is 5. The molecule has 2 aromatic rings. The van der Waals surface area contributed by atoms with Gasteiger partial charge in [-0.2, -0.15) is 0 Å². The molecule has 0 aliphatic carbocycles. The molecule has 3 rings (SSSR count). The highest BCUT2D eigenvalue weighted by Crippen LogP contribution is 2.25. The van der Waals surface area contributed by atoms with Crippen molar-refractivity contribution >= 4 is 23.2 Å². The van der Waals surface area contributed by atoms with Gasteiger partial charge < -0.3 is 15.1 Å². The van der Waals surface area contributed by atoms with Crippen molar-refractivity contribution in [2.45, 2.75) is 32.7 Å². The Balaban J connectivity index is 1.70. The third-order valence-corrected chi connectivity index (χ3v) is 4.89. The van der Waals surface area contributed by atoms with Crippen LogP contribution in [0.1, 0.15) is 42.1 Å². The predicted octanol–water partition coefficient (Wildman–Crippen LogP) is 3.91.